The third-order valence-electron chi connectivity index (χ3n) is 3.38. The zero-order chi connectivity index (χ0) is 14.8. The first-order valence-electron chi connectivity index (χ1n) is 6.44. The van der Waals surface area contributed by atoms with Crippen molar-refractivity contribution in [1.29, 1.82) is 0 Å². The summed E-state index contributed by atoms with van der Waals surface area (Å²) in [5.74, 6) is -0.0982. The lowest BCUT2D eigenvalue weighted by molar-refractivity contribution is -0.119. The van der Waals surface area contributed by atoms with Crippen LogP contribution >= 0.6 is 23.2 Å². The third-order valence-corrected chi connectivity index (χ3v) is 4.12. The molecule has 5 nitrogen and oxygen atoms in total. The van der Waals surface area contributed by atoms with E-state index in [1.807, 2.05) is 24.3 Å². The molecule has 3 rings (SSSR count). The highest BCUT2D eigenvalue weighted by molar-refractivity contribution is 6.42. The first-order valence-corrected chi connectivity index (χ1v) is 7.19. The molecule has 2 aromatic rings. The van der Waals surface area contributed by atoms with Gasteiger partial charge in [-0.15, -0.1) is 0 Å². The molecule has 0 spiro atoms. The molecule has 1 aliphatic heterocycles. The van der Waals surface area contributed by atoms with E-state index >= 15 is 0 Å². The Hall–Kier alpha value is -1.85. The summed E-state index contributed by atoms with van der Waals surface area (Å²) in [6, 6.07) is 7.94. The van der Waals surface area contributed by atoms with Gasteiger partial charge in [0.25, 0.3) is 0 Å². The molecule has 0 fully saturated rings. The summed E-state index contributed by atoms with van der Waals surface area (Å²) in [5.41, 5.74) is 2.19. The van der Waals surface area contributed by atoms with Crippen LogP contribution in [-0.4, -0.2) is 22.4 Å². The molecule has 2 heterocycles. The van der Waals surface area contributed by atoms with E-state index in [1.165, 1.54) is 6.33 Å². The van der Waals surface area contributed by atoms with Crippen molar-refractivity contribution in [2.24, 2.45) is 5.92 Å². The Kier molecular flexibility index (Phi) is 3.94. The van der Waals surface area contributed by atoms with Crippen LogP contribution in [0.15, 0.2) is 30.6 Å². The number of carbonyl (C=O) groups excluding carboxylic acids is 1. The number of nitrogens with one attached hydrogen (secondary N) is 2. The first-order chi connectivity index (χ1) is 10.1. The molecule has 1 amide bonds. The van der Waals surface area contributed by atoms with Crippen LogP contribution in [0.3, 0.4) is 0 Å². The molecular weight excluding hydrogens is 311 g/mol. The Balaban J connectivity index is 1.74. The van der Waals surface area contributed by atoms with E-state index in [2.05, 4.69) is 20.6 Å². The predicted octanol–water partition coefficient (Wildman–Crippen LogP) is 3.01. The summed E-state index contributed by atoms with van der Waals surface area (Å²) in [6.07, 6.45) is 1.93. The number of nitrogens with zero attached hydrogens (tertiary/aromatic N) is 2. The quantitative estimate of drug-likeness (QED) is 0.834. The molecule has 7 heteroatoms. The summed E-state index contributed by atoms with van der Waals surface area (Å²) in [5, 5.41) is 6.23. The van der Waals surface area contributed by atoms with Crippen LogP contribution < -0.4 is 10.6 Å². The van der Waals surface area contributed by atoms with E-state index in [9.17, 15) is 4.79 Å². The monoisotopic (exact) mass is 322 g/mol. The van der Waals surface area contributed by atoms with Gasteiger partial charge < -0.3 is 10.6 Å². The van der Waals surface area contributed by atoms with Crippen molar-refractivity contribution in [1.82, 2.24) is 9.97 Å². The third kappa shape index (κ3) is 2.94. The second-order valence-corrected chi connectivity index (χ2v) is 5.49. The Bertz CT molecular complexity index is 692. The van der Waals surface area contributed by atoms with Gasteiger partial charge in [-0.25, -0.2) is 9.97 Å². The van der Waals surface area contributed by atoms with Crippen molar-refractivity contribution < 1.29 is 4.79 Å². The van der Waals surface area contributed by atoms with Gasteiger partial charge in [0, 0.05) is 12.2 Å². The summed E-state index contributed by atoms with van der Waals surface area (Å²) in [4.78, 5) is 20.0. The van der Waals surface area contributed by atoms with Gasteiger partial charge in [-0.05, 0) is 18.1 Å². The standard InChI is InChI=1S/C14H12Cl2N4O/c15-11-12(16)18-7-19-13(11)20-14(21)9-5-8-3-1-2-4-10(8)17-6-9/h1-4,7,9,17H,5-6H2,(H,18,19,20,21). The van der Waals surface area contributed by atoms with Crippen molar-refractivity contribution in [3.8, 4) is 0 Å². The van der Waals surface area contributed by atoms with Crippen LogP contribution in [0.2, 0.25) is 10.2 Å². The van der Waals surface area contributed by atoms with Crippen molar-refractivity contribution in [2.75, 3.05) is 17.2 Å². The maximum atomic E-state index is 12.3. The minimum atomic E-state index is -0.190. The number of amides is 1. The van der Waals surface area contributed by atoms with E-state index in [0.29, 0.717) is 13.0 Å². The van der Waals surface area contributed by atoms with Crippen molar-refractivity contribution in [3.05, 3.63) is 46.3 Å². The van der Waals surface area contributed by atoms with Gasteiger partial charge >= 0.3 is 0 Å². The molecule has 1 unspecified atom stereocenters. The summed E-state index contributed by atoms with van der Waals surface area (Å²) >= 11 is 11.8. The number of hydrogen-bond acceptors (Lipinski definition) is 4. The Labute approximate surface area is 131 Å². The average molecular weight is 323 g/mol. The van der Waals surface area contributed by atoms with Gasteiger partial charge in [0.1, 0.15) is 11.3 Å². The van der Waals surface area contributed by atoms with E-state index < -0.39 is 0 Å². The maximum Gasteiger partial charge on any atom is 0.230 e. The molecular formula is C14H12Cl2N4O. The normalized spacial score (nSPS) is 16.8. The molecule has 0 bridgehead atoms. The van der Waals surface area contributed by atoms with Crippen molar-refractivity contribution in [3.63, 3.8) is 0 Å². The molecule has 2 N–H and O–H groups in total. The van der Waals surface area contributed by atoms with Gasteiger partial charge in [-0.3, -0.25) is 4.79 Å². The number of hydrogen-bond donors (Lipinski definition) is 2. The highest BCUT2D eigenvalue weighted by Gasteiger charge is 2.25. The van der Waals surface area contributed by atoms with E-state index in [1.54, 1.807) is 0 Å². The lowest BCUT2D eigenvalue weighted by atomic mass is 9.93. The fourth-order valence-corrected chi connectivity index (χ4v) is 2.56. The SMILES string of the molecule is O=C(Nc1ncnc(Cl)c1Cl)C1CNc2ccccc2C1. The van der Waals surface area contributed by atoms with E-state index in [-0.39, 0.29) is 27.8 Å². The predicted molar refractivity (Wildman–Crippen MR) is 82.8 cm³/mol. The summed E-state index contributed by atoms with van der Waals surface area (Å²) < 4.78 is 0. The van der Waals surface area contributed by atoms with E-state index in [0.717, 1.165) is 11.3 Å². The molecule has 108 valence electrons. The molecule has 0 radical (unpaired) electrons. The zero-order valence-electron chi connectivity index (χ0n) is 10.9. The highest BCUT2D eigenvalue weighted by atomic mass is 35.5. The maximum absolute atomic E-state index is 12.3. The van der Waals surface area contributed by atoms with Crippen LogP contribution in [0.4, 0.5) is 11.5 Å². The number of rotatable bonds is 2. The first kappa shape index (κ1) is 14.1. The molecule has 0 saturated carbocycles. The van der Waals surface area contributed by atoms with Gasteiger partial charge in [0.05, 0.1) is 5.92 Å². The molecule has 21 heavy (non-hydrogen) atoms. The van der Waals surface area contributed by atoms with Crippen LogP contribution in [0.1, 0.15) is 5.56 Å². The number of aromatic nitrogens is 2. The topological polar surface area (TPSA) is 66.9 Å². The zero-order valence-corrected chi connectivity index (χ0v) is 12.4. The summed E-state index contributed by atoms with van der Waals surface area (Å²) in [7, 11) is 0. The minimum absolute atomic E-state index is 0.120. The summed E-state index contributed by atoms with van der Waals surface area (Å²) in [6.45, 7) is 0.569. The van der Waals surface area contributed by atoms with Crippen LogP contribution in [0, 0.1) is 5.92 Å². The van der Waals surface area contributed by atoms with Gasteiger partial charge in [0.2, 0.25) is 5.91 Å². The smallest absolute Gasteiger partial charge is 0.230 e. The van der Waals surface area contributed by atoms with Crippen LogP contribution in [0.25, 0.3) is 0 Å². The van der Waals surface area contributed by atoms with Gasteiger partial charge in [-0.1, -0.05) is 41.4 Å². The molecule has 1 aromatic carbocycles. The fraction of sp³-hybridized carbons (Fsp3) is 0.214. The second-order valence-electron chi connectivity index (χ2n) is 4.76. The van der Waals surface area contributed by atoms with Gasteiger partial charge in [0.15, 0.2) is 11.0 Å². The number of carbonyl (C=O) groups is 1. The number of para-hydroxylation sites is 1. The Morgan fingerprint density at radius 1 is 1.29 bits per heavy atom. The number of benzene rings is 1. The Morgan fingerprint density at radius 2 is 2.10 bits per heavy atom. The van der Waals surface area contributed by atoms with Gasteiger partial charge in [-0.2, -0.15) is 0 Å². The average Bonchev–Trinajstić information content (AvgIpc) is 2.51. The van der Waals surface area contributed by atoms with Crippen LogP contribution in [0.5, 0.6) is 0 Å². The second kappa shape index (κ2) is 5.87. The molecule has 0 aliphatic carbocycles. The number of halogens is 2. The molecule has 1 atom stereocenters. The molecule has 0 saturated heterocycles. The lowest BCUT2D eigenvalue weighted by Crippen LogP contribution is -2.34. The Morgan fingerprint density at radius 3 is 2.95 bits per heavy atom. The lowest BCUT2D eigenvalue weighted by Gasteiger charge is -2.25. The fourth-order valence-electron chi connectivity index (χ4n) is 2.28. The van der Waals surface area contributed by atoms with Crippen molar-refractivity contribution in [2.45, 2.75) is 6.42 Å². The molecule has 1 aromatic heterocycles. The number of fused-ring (bicyclic) bond motifs is 1. The number of anilines is 2. The van der Waals surface area contributed by atoms with Crippen LogP contribution in [-0.2, 0) is 11.2 Å². The minimum Gasteiger partial charge on any atom is -0.384 e. The molecule has 1 aliphatic rings. The largest absolute Gasteiger partial charge is 0.384 e. The highest BCUT2D eigenvalue weighted by Crippen LogP contribution is 2.28. The van der Waals surface area contributed by atoms with Crippen molar-refractivity contribution >= 4 is 40.6 Å². The van der Waals surface area contributed by atoms with E-state index in [4.69, 9.17) is 23.2 Å².